The molecule has 334 valence electrons. The van der Waals surface area contributed by atoms with Crippen molar-refractivity contribution in [2.24, 2.45) is 28.9 Å². The van der Waals surface area contributed by atoms with Crippen LogP contribution in [0.5, 0.6) is 5.75 Å². The molecule has 5 amide bonds. The van der Waals surface area contributed by atoms with Crippen LogP contribution < -0.4 is 37.1 Å². The lowest BCUT2D eigenvalue weighted by Gasteiger charge is -2.30. The second-order valence-electron chi connectivity index (χ2n) is 17.4. The standard InChI is InChI=1S/C45H63ClN6O9/c1-24(2)19-33-43(57)60-34(26(5)38-39(61-38)30-16-13-28(14-17-30)22-48-40(54)27(6)50-42(56)37(47)25(3)4)11-10-12-36(53)51-32(21-29-15-18-35(59-9)31(46)20-29)41(55)49-23-45(7,8)44(58)52-33/h10,12-18,20,24-27,32-34,37-39H,11,19,21-23,47H2,1-9H3,(H,48,54)(H,49,55)(H,50,56)(H,51,53)(H,52,58)/b12-10-/t26-,27-,32+,33-,34-,37-,38+,39+/m0/s1. The minimum absolute atomic E-state index is 0.0308. The summed E-state index contributed by atoms with van der Waals surface area (Å²) in [6.07, 6.45) is 2.10. The first-order valence-corrected chi connectivity index (χ1v) is 21.2. The van der Waals surface area contributed by atoms with Crippen LogP contribution in [-0.2, 0) is 51.2 Å². The monoisotopic (exact) mass is 866 g/mol. The molecule has 2 aromatic carbocycles. The highest BCUT2D eigenvalue weighted by atomic mass is 35.5. The van der Waals surface area contributed by atoms with Gasteiger partial charge >= 0.3 is 5.97 Å². The number of hydrogen-bond donors (Lipinski definition) is 6. The Morgan fingerprint density at radius 3 is 2.25 bits per heavy atom. The van der Waals surface area contributed by atoms with E-state index in [0.717, 1.165) is 11.1 Å². The van der Waals surface area contributed by atoms with Crippen molar-refractivity contribution in [3.05, 3.63) is 76.3 Å². The fraction of sp³-hybridized carbons (Fsp3) is 0.556. The number of ether oxygens (including phenoxy) is 3. The molecule has 2 heterocycles. The summed E-state index contributed by atoms with van der Waals surface area (Å²) >= 11 is 6.36. The molecular weight excluding hydrogens is 804 g/mol. The highest BCUT2D eigenvalue weighted by Crippen LogP contribution is 2.45. The quantitative estimate of drug-likeness (QED) is 0.119. The van der Waals surface area contributed by atoms with Crippen LogP contribution in [0.2, 0.25) is 5.02 Å². The van der Waals surface area contributed by atoms with Gasteiger partial charge < -0.3 is 46.5 Å². The van der Waals surface area contributed by atoms with Gasteiger partial charge in [-0.15, -0.1) is 0 Å². The number of epoxide rings is 1. The summed E-state index contributed by atoms with van der Waals surface area (Å²) in [6.45, 7) is 14.5. The van der Waals surface area contributed by atoms with Gasteiger partial charge in [-0.1, -0.05) is 82.6 Å². The number of nitrogens with two attached hydrogens (primary N) is 1. The number of carbonyl (C=O) groups excluding carboxylic acids is 6. The molecule has 0 aromatic heterocycles. The average Bonchev–Trinajstić information content (AvgIpc) is 4.01. The van der Waals surface area contributed by atoms with Crippen molar-refractivity contribution >= 4 is 47.1 Å². The van der Waals surface area contributed by atoms with E-state index in [9.17, 15) is 28.8 Å². The maximum atomic E-state index is 13.9. The second kappa shape index (κ2) is 21.7. The highest BCUT2D eigenvalue weighted by molar-refractivity contribution is 6.32. The van der Waals surface area contributed by atoms with Crippen LogP contribution in [0.25, 0.3) is 0 Å². The van der Waals surface area contributed by atoms with Crippen molar-refractivity contribution < 1.29 is 43.0 Å². The topological polar surface area (TPSA) is 220 Å². The molecule has 2 aromatic rings. The predicted octanol–water partition coefficient (Wildman–Crippen LogP) is 3.80. The second-order valence-corrected chi connectivity index (χ2v) is 17.9. The number of esters is 1. The van der Waals surface area contributed by atoms with Crippen LogP contribution in [0.4, 0.5) is 0 Å². The average molecular weight is 867 g/mol. The van der Waals surface area contributed by atoms with Crippen LogP contribution in [0.3, 0.4) is 0 Å². The number of halogens is 1. The third-order valence-electron chi connectivity index (χ3n) is 11.0. The van der Waals surface area contributed by atoms with Gasteiger partial charge in [0.2, 0.25) is 29.5 Å². The molecule has 1 saturated heterocycles. The van der Waals surface area contributed by atoms with Crippen LogP contribution in [0.15, 0.2) is 54.6 Å². The minimum Gasteiger partial charge on any atom is -0.495 e. The van der Waals surface area contributed by atoms with Gasteiger partial charge in [-0.25, -0.2) is 4.79 Å². The van der Waals surface area contributed by atoms with E-state index in [1.165, 1.54) is 13.2 Å². The van der Waals surface area contributed by atoms with E-state index >= 15 is 0 Å². The van der Waals surface area contributed by atoms with E-state index in [-0.39, 0.29) is 67.7 Å². The summed E-state index contributed by atoms with van der Waals surface area (Å²) in [5.74, 6) is -2.73. The van der Waals surface area contributed by atoms with Crippen molar-refractivity contribution in [2.45, 2.75) is 124 Å². The fourth-order valence-electron chi connectivity index (χ4n) is 6.81. The van der Waals surface area contributed by atoms with E-state index in [4.69, 9.17) is 31.5 Å². The molecule has 0 bridgehead atoms. The SMILES string of the molecule is COc1ccc(C[C@H]2NC(=O)/C=C\C[C@@H]([C@H](C)[C@H]3O[C@@H]3c3ccc(CNC(=O)[C@H](C)NC(=O)[C@@H](N)C(C)C)cc3)OC(=O)[C@H](CC(C)C)NC(=O)C(C)(C)CNC2=O)cc1Cl. The lowest BCUT2D eigenvalue weighted by atomic mass is 9.90. The summed E-state index contributed by atoms with van der Waals surface area (Å²) in [4.78, 5) is 79.5. The fourth-order valence-corrected chi connectivity index (χ4v) is 7.09. The van der Waals surface area contributed by atoms with E-state index in [0.29, 0.717) is 22.8 Å². The number of amides is 5. The molecule has 0 saturated carbocycles. The van der Waals surface area contributed by atoms with Gasteiger partial charge in [-0.3, -0.25) is 24.0 Å². The molecule has 2 aliphatic rings. The zero-order valence-corrected chi connectivity index (χ0v) is 37.4. The Morgan fingerprint density at radius 2 is 1.62 bits per heavy atom. The van der Waals surface area contributed by atoms with Crippen molar-refractivity contribution in [3.63, 3.8) is 0 Å². The predicted molar refractivity (Wildman–Crippen MR) is 231 cm³/mol. The molecule has 8 atom stereocenters. The number of methoxy groups -OCH3 is 1. The lowest BCUT2D eigenvalue weighted by Crippen LogP contribution is -2.54. The van der Waals surface area contributed by atoms with Gasteiger partial charge in [0.15, 0.2) is 0 Å². The molecule has 0 unspecified atom stereocenters. The molecule has 0 spiro atoms. The molecule has 0 aliphatic carbocycles. The largest absolute Gasteiger partial charge is 0.495 e. The van der Waals surface area contributed by atoms with Crippen LogP contribution in [0, 0.1) is 23.2 Å². The number of benzene rings is 2. The number of hydrogen-bond acceptors (Lipinski definition) is 10. The molecule has 0 radical (unpaired) electrons. The molecule has 15 nitrogen and oxygen atoms in total. The lowest BCUT2D eigenvalue weighted by molar-refractivity contribution is -0.157. The van der Waals surface area contributed by atoms with Crippen LogP contribution >= 0.6 is 11.6 Å². The summed E-state index contributed by atoms with van der Waals surface area (Å²) in [5, 5.41) is 14.3. The summed E-state index contributed by atoms with van der Waals surface area (Å²) in [5.41, 5.74) is 7.17. The van der Waals surface area contributed by atoms with Gasteiger partial charge in [-0.2, -0.15) is 0 Å². The Hall–Kier alpha value is -4.99. The highest BCUT2D eigenvalue weighted by Gasteiger charge is 2.48. The molecule has 4 rings (SSSR count). The molecule has 1 fully saturated rings. The van der Waals surface area contributed by atoms with Gasteiger partial charge in [0.25, 0.3) is 0 Å². The van der Waals surface area contributed by atoms with Crippen molar-refractivity contribution in [3.8, 4) is 5.75 Å². The molecule has 2 aliphatic heterocycles. The van der Waals surface area contributed by atoms with Crippen LogP contribution in [0.1, 0.15) is 91.0 Å². The van der Waals surface area contributed by atoms with Crippen molar-refractivity contribution in [1.29, 1.82) is 0 Å². The number of rotatable bonds is 14. The third-order valence-corrected chi connectivity index (χ3v) is 11.3. The van der Waals surface area contributed by atoms with E-state index in [1.807, 2.05) is 58.9 Å². The molecule has 16 heteroatoms. The Bertz CT molecular complexity index is 1920. The van der Waals surface area contributed by atoms with E-state index < -0.39 is 59.4 Å². The Kier molecular flexibility index (Phi) is 17.3. The molecular formula is C45H63ClN6O9. The third kappa shape index (κ3) is 14.0. The normalized spacial score (nSPS) is 24.3. The van der Waals surface area contributed by atoms with Crippen LogP contribution in [-0.4, -0.2) is 85.5 Å². The van der Waals surface area contributed by atoms with E-state index in [1.54, 1.807) is 45.0 Å². The Balaban J connectivity index is 1.49. The smallest absolute Gasteiger partial charge is 0.328 e. The Morgan fingerprint density at radius 1 is 0.951 bits per heavy atom. The summed E-state index contributed by atoms with van der Waals surface area (Å²) < 4.78 is 17.6. The maximum Gasteiger partial charge on any atom is 0.328 e. The zero-order chi connectivity index (χ0) is 45.2. The van der Waals surface area contributed by atoms with E-state index in [2.05, 4.69) is 26.6 Å². The van der Waals surface area contributed by atoms with Gasteiger partial charge in [0.1, 0.15) is 36.1 Å². The first kappa shape index (κ1) is 48.7. The van der Waals surface area contributed by atoms with Gasteiger partial charge in [0, 0.05) is 31.8 Å². The number of nitrogens with one attached hydrogen (secondary N) is 5. The molecule has 61 heavy (non-hydrogen) atoms. The van der Waals surface area contributed by atoms with Gasteiger partial charge in [0.05, 0.1) is 29.7 Å². The maximum absolute atomic E-state index is 13.9. The minimum atomic E-state index is -1.14. The Labute approximate surface area is 364 Å². The van der Waals surface area contributed by atoms with Crippen molar-refractivity contribution in [2.75, 3.05) is 13.7 Å². The first-order chi connectivity index (χ1) is 28.7. The van der Waals surface area contributed by atoms with Crippen molar-refractivity contribution in [1.82, 2.24) is 26.6 Å². The first-order valence-electron chi connectivity index (χ1n) is 20.9. The molecule has 7 N–H and O–H groups in total. The number of cyclic esters (lactones) is 1. The number of carbonyl (C=O) groups is 6. The van der Waals surface area contributed by atoms with Gasteiger partial charge in [-0.05, 0) is 73.9 Å². The summed E-state index contributed by atoms with van der Waals surface area (Å²) in [6, 6.07) is 9.22. The zero-order valence-electron chi connectivity index (χ0n) is 36.6. The summed E-state index contributed by atoms with van der Waals surface area (Å²) in [7, 11) is 1.50.